The molecular formula is C13H14BrN3O2S2. The van der Waals surface area contributed by atoms with Gasteiger partial charge in [-0.25, -0.2) is 13.4 Å². The van der Waals surface area contributed by atoms with Crippen LogP contribution in [-0.4, -0.2) is 13.4 Å². The molecule has 0 spiro atoms. The zero-order chi connectivity index (χ0) is 15.0. The Labute approximate surface area is 135 Å². The Morgan fingerprint density at radius 2 is 2.05 bits per heavy atom. The van der Waals surface area contributed by atoms with Crippen LogP contribution >= 0.6 is 27.3 Å². The Morgan fingerprint density at radius 1 is 1.29 bits per heavy atom. The second-order valence-corrected chi connectivity index (χ2v) is 8.53. The largest absolute Gasteiger partial charge is 0.398 e. The fourth-order valence-corrected chi connectivity index (χ4v) is 5.26. The van der Waals surface area contributed by atoms with Gasteiger partial charge >= 0.3 is 0 Å². The van der Waals surface area contributed by atoms with Crippen molar-refractivity contribution in [3.63, 3.8) is 0 Å². The number of sulfonamides is 1. The molecule has 0 amide bonds. The molecule has 1 aromatic heterocycles. The lowest BCUT2D eigenvalue weighted by molar-refractivity contribution is 0.601. The van der Waals surface area contributed by atoms with Gasteiger partial charge in [0, 0.05) is 9.35 Å². The molecule has 8 heteroatoms. The fraction of sp³-hybridized carbons (Fsp3) is 0.308. The van der Waals surface area contributed by atoms with Crippen molar-refractivity contribution < 1.29 is 8.42 Å². The van der Waals surface area contributed by atoms with Crippen LogP contribution in [0.3, 0.4) is 0 Å². The van der Waals surface area contributed by atoms with E-state index in [0.717, 1.165) is 31.4 Å². The van der Waals surface area contributed by atoms with Crippen LogP contribution in [-0.2, 0) is 22.9 Å². The Bertz CT molecular complexity index is 763. The average molecular weight is 388 g/mol. The van der Waals surface area contributed by atoms with E-state index in [-0.39, 0.29) is 10.6 Å². The van der Waals surface area contributed by atoms with Crippen LogP contribution in [0.5, 0.6) is 0 Å². The van der Waals surface area contributed by atoms with Crippen molar-refractivity contribution >= 4 is 48.1 Å². The topological polar surface area (TPSA) is 85.1 Å². The molecule has 1 heterocycles. The summed E-state index contributed by atoms with van der Waals surface area (Å²) in [6, 6.07) is 4.76. The zero-order valence-corrected chi connectivity index (χ0v) is 14.3. The normalized spacial score (nSPS) is 14.7. The number of nitrogen functional groups attached to an aromatic ring is 1. The van der Waals surface area contributed by atoms with Crippen LogP contribution in [0.25, 0.3) is 0 Å². The number of aromatic nitrogens is 1. The second-order valence-electron chi connectivity index (χ2n) is 4.88. The van der Waals surface area contributed by atoms with E-state index in [9.17, 15) is 8.42 Å². The second kappa shape index (κ2) is 5.58. The predicted molar refractivity (Wildman–Crippen MR) is 88.1 cm³/mol. The number of thiazole rings is 1. The number of rotatable bonds is 3. The minimum Gasteiger partial charge on any atom is -0.398 e. The monoisotopic (exact) mass is 387 g/mol. The van der Waals surface area contributed by atoms with E-state index in [1.54, 1.807) is 12.1 Å². The van der Waals surface area contributed by atoms with E-state index < -0.39 is 10.0 Å². The molecule has 0 unspecified atom stereocenters. The molecule has 3 N–H and O–H groups in total. The fourth-order valence-electron chi connectivity index (χ4n) is 2.31. The van der Waals surface area contributed by atoms with Gasteiger partial charge in [-0.1, -0.05) is 15.9 Å². The Hall–Kier alpha value is -1.12. The number of nitrogens with one attached hydrogen (secondary N) is 1. The summed E-state index contributed by atoms with van der Waals surface area (Å²) in [4.78, 5) is 5.63. The molecule has 0 saturated carbocycles. The molecule has 21 heavy (non-hydrogen) atoms. The molecule has 0 atom stereocenters. The van der Waals surface area contributed by atoms with E-state index in [2.05, 4.69) is 25.6 Å². The molecule has 0 fully saturated rings. The smallest absolute Gasteiger partial charge is 0.265 e. The molecule has 1 aromatic carbocycles. The van der Waals surface area contributed by atoms with Crippen molar-refractivity contribution in [2.24, 2.45) is 0 Å². The molecule has 0 aliphatic heterocycles. The van der Waals surface area contributed by atoms with Crippen molar-refractivity contribution in [2.75, 3.05) is 10.5 Å². The molecule has 1 aliphatic rings. The summed E-state index contributed by atoms with van der Waals surface area (Å²) >= 11 is 4.67. The maximum atomic E-state index is 12.4. The highest BCUT2D eigenvalue weighted by atomic mass is 79.9. The van der Waals surface area contributed by atoms with Gasteiger partial charge in [0.05, 0.1) is 11.4 Å². The van der Waals surface area contributed by atoms with Gasteiger partial charge in [0.1, 0.15) is 4.90 Å². The van der Waals surface area contributed by atoms with E-state index in [1.165, 1.54) is 22.3 Å². The van der Waals surface area contributed by atoms with Crippen LogP contribution < -0.4 is 10.5 Å². The van der Waals surface area contributed by atoms with Crippen molar-refractivity contribution in [3.05, 3.63) is 33.2 Å². The van der Waals surface area contributed by atoms with Gasteiger partial charge in [-0.05, 0) is 43.9 Å². The lowest BCUT2D eigenvalue weighted by Crippen LogP contribution is -2.14. The van der Waals surface area contributed by atoms with Gasteiger partial charge in [-0.3, -0.25) is 4.72 Å². The van der Waals surface area contributed by atoms with E-state index in [0.29, 0.717) is 9.60 Å². The Kier molecular flexibility index (Phi) is 3.94. The first-order chi connectivity index (χ1) is 9.95. The van der Waals surface area contributed by atoms with Crippen LogP contribution in [0.1, 0.15) is 23.4 Å². The number of fused-ring (bicyclic) bond motifs is 1. The summed E-state index contributed by atoms with van der Waals surface area (Å²) in [5.41, 5.74) is 7.00. The van der Waals surface area contributed by atoms with E-state index in [1.807, 2.05) is 0 Å². The minimum absolute atomic E-state index is 0.0602. The molecule has 5 nitrogen and oxygen atoms in total. The van der Waals surface area contributed by atoms with Crippen LogP contribution in [0.2, 0.25) is 0 Å². The zero-order valence-electron chi connectivity index (χ0n) is 11.1. The van der Waals surface area contributed by atoms with Crippen LogP contribution in [0.15, 0.2) is 27.6 Å². The standard InChI is InChI=1S/C13H14BrN3O2S2/c14-8-5-6-9(15)12(7-8)21(18,19)17-13-16-10-3-1-2-4-11(10)20-13/h5-7H,1-4,15H2,(H,16,17). The number of hydrogen-bond donors (Lipinski definition) is 2. The quantitative estimate of drug-likeness (QED) is 0.791. The Morgan fingerprint density at radius 3 is 2.81 bits per heavy atom. The summed E-state index contributed by atoms with van der Waals surface area (Å²) in [6.07, 6.45) is 4.15. The maximum absolute atomic E-state index is 12.4. The lowest BCUT2D eigenvalue weighted by atomic mass is 10.0. The van der Waals surface area contributed by atoms with E-state index >= 15 is 0 Å². The van der Waals surface area contributed by atoms with Crippen molar-refractivity contribution in [1.29, 1.82) is 0 Å². The number of anilines is 2. The number of nitrogens with two attached hydrogens (primary N) is 1. The van der Waals surface area contributed by atoms with Gasteiger partial charge in [0.15, 0.2) is 5.13 Å². The van der Waals surface area contributed by atoms with Crippen molar-refractivity contribution in [1.82, 2.24) is 4.98 Å². The highest BCUT2D eigenvalue weighted by molar-refractivity contribution is 9.10. The third-order valence-corrected chi connectivity index (χ3v) is 6.42. The maximum Gasteiger partial charge on any atom is 0.265 e. The average Bonchev–Trinajstić information content (AvgIpc) is 2.82. The lowest BCUT2D eigenvalue weighted by Gasteiger charge is -2.08. The third-order valence-electron chi connectivity index (χ3n) is 3.33. The SMILES string of the molecule is Nc1ccc(Br)cc1S(=O)(=O)Nc1nc2c(s1)CCCC2. The van der Waals surface area contributed by atoms with Gasteiger partial charge in [0.25, 0.3) is 10.0 Å². The first-order valence-corrected chi connectivity index (χ1v) is 9.61. The van der Waals surface area contributed by atoms with E-state index in [4.69, 9.17) is 5.73 Å². The molecule has 1 aliphatic carbocycles. The van der Waals surface area contributed by atoms with Crippen molar-refractivity contribution in [2.45, 2.75) is 30.6 Å². The molecule has 112 valence electrons. The highest BCUT2D eigenvalue weighted by Gasteiger charge is 2.22. The minimum atomic E-state index is -3.72. The summed E-state index contributed by atoms with van der Waals surface area (Å²) in [6.45, 7) is 0. The first-order valence-electron chi connectivity index (χ1n) is 6.52. The van der Waals surface area contributed by atoms with Gasteiger partial charge in [-0.2, -0.15) is 0 Å². The number of halogens is 1. The molecule has 3 rings (SSSR count). The summed E-state index contributed by atoms with van der Waals surface area (Å²) in [5, 5.41) is 0.418. The molecular weight excluding hydrogens is 374 g/mol. The van der Waals surface area contributed by atoms with Crippen LogP contribution in [0.4, 0.5) is 10.8 Å². The number of nitrogens with zero attached hydrogens (tertiary/aromatic N) is 1. The van der Waals surface area contributed by atoms with Gasteiger partial charge < -0.3 is 5.73 Å². The summed E-state index contributed by atoms with van der Waals surface area (Å²) in [5.74, 6) is 0. The Balaban J connectivity index is 1.92. The number of benzene rings is 1. The van der Waals surface area contributed by atoms with Crippen molar-refractivity contribution in [3.8, 4) is 0 Å². The van der Waals surface area contributed by atoms with Gasteiger partial charge in [0.2, 0.25) is 0 Å². The number of aryl methyl sites for hydroxylation is 2. The summed E-state index contributed by atoms with van der Waals surface area (Å²) in [7, 11) is -3.72. The third kappa shape index (κ3) is 3.07. The molecule has 0 bridgehead atoms. The van der Waals surface area contributed by atoms with Crippen LogP contribution in [0, 0.1) is 0 Å². The number of hydrogen-bond acceptors (Lipinski definition) is 5. The highest BCUT2D eigenvalue weighted by Crippen LogP contribution is 2.32. The molecule has 0 saturated heterocycles. The predicted octanol–water partition coefficient (Wildman–Crippen LogP) is 3.17. The first kappa shape index (κ1) is 14.8. The van der Waals surface area contributed by atoms with Gasteiger partial charge in [-0.15, -0.1) is 11.3 Å². The molecule has 0 radical (unpaired) electrons. The summed E-state index contributed by atoms with van der Waals surface area (Å²) < 4.78 is 28.1. The molecule has 2 aromatic rings.